The van der Waals surface area contributed by atoms with E-state index >= 15 is 0 Å². The van der Waals surface area contributed by atoms with Crippen LogP contribution in [-0.4, -0.2) is 22.0 Å². The van der Waals surface area contributed by atoms with Crippen LogP contribution in [0.2, 0.25) is 0 Å². The number of aromatic nitrogens is 1. The Morgan fingerprint density at radius 2 is 2.06 bits per heavy atom. The second-order valence-corrected chi connectivity index (χ2v) is 3.58. The van der Waals surface area contributed by atoms with Crippen LogP contribution >= 0.6 is 0 Å². The summed E-state index contributed by atoms with van der Waals surface area (Å²) < 4.78 is 0. The minimum Gasteiger partial charge on any atom is -0.478 e. The van der Waals surface area contributed by atoms with Crippen LogP contribution in [0.25, 0.3) is 10.8 Å². The van der Waals surface area contributed by atoms with Crippen molar-refractivity contribution in [2.75, 3.05) is 5.32 Å². The van der Waals surface area contributed by atoms with Crippen molar-refractivity contribution in [3.8, 4) is 0 Å². The number of benzene rings is 1. The summed E-state index contributed by atoms with van der Waals surface area (Å²) in [6.07, 6.45) is 1.53. The van der Waals surface area contributed by atoms with Crippen LogP contribution in [0.1, 0.15) is 17.3 Å². The van der Waals surface area contributed by atoms with Crippen LogP contribution in [0.3, 0.4) is 0 Å². The molecule has 0 unspecified atom stereocenters. The number of carboxylic acids is 1. The van der Waals surface area contributed by atoms with Crippen LogP contribution in [0.5, 0.6) is 0 Å². The molecule has 0 fully saturated rings. The Bertz CT molecular complexity index is 608. The van der Waals surface area contributed by atoms with Crippen molar-refractivity contribution < 1.29 is 14.7 Å². The molecule has 0 aliphatic rings. The van der Waals surface area contributed by atoms with E-state index < -0.39 is 5.97 Å². The number of hydrogen-bond acceptors (Lipinski definition) is 3. The SMILES string of the molecule is CC(=O)Nc1nccc2cc(C(=O)O)ccc12. The number of amides is 1. The van der Waals surface area contributed by atoms with Gasteiger partial charge in [-0.1, -0.05) is 0 Å². The first-order valence-corrected chi connectivity index (χ1v) is 4.97. The summed E-state index contributed by atoms with van der Waals surface area (Å²) in [5, 5.41) is 12.9. The Morgan fingerprint density at radius 3 is 2.71 bits per heavy atom. The maximum atomic E-state index is 11.0. The molecule has 1 heterocycles. The summed E-state index contributed by atoms with van der Waals surface area (Å²) in [6, 6.07) is 6.37. The fourth-order valence-corrected chi connectivity index (χ4v) is 1.58. The van der Waals surface area contributed by atoms with Gasteiger partial charge < -0.3 is 10.4 Å². The van der Waals surface area contributed by atoms with Crippen LogP contribution < -0.4 is 5.32 Å². The first-order chi connectivity index (χ1) is 8.08. The molecule has 5 heteroatoms. The second-order valence-electron chi connectivity index (χ2n) is 3.58. The van der Waals surface area contributed by atoms with E-state index in [1.165, 1.54) is 19.2 Å². The molecule has 0 bridgehead atoms. The van der Waals surface area contributed by atoms with Crippen LogP contribution in [0.4, 0.5) is 5.82 Å². The highest BCUT2D eigenvalue weighted by atomic mass is 16.4. The molecular weight excluding hydrogens is 220 g/mol. The molecule has 1 amide bonds. The second kappa shape index (κ2) is 4.21. The van der Waals surface area contributed by atoms with E-state index in [1.54, 1.807) is 18.2 Å². The topological polar surface area (TPSA) is 79.3 Å². The third-order valence-electron chi connectivity index (χ3n) is 2.31. The van der Waals surface area contributed by atoms with Gasteiger partial charge >= 0.3 is 5.97 Å². The highest BCUT2D eigenvalue weighted by Gasteiger charge is 2.07. The van der Waals surface area contributed by atoms with Crippen molar-refractivity contribution in [1.82, 2.24) is 4.98 Å². The first kappa shape index (κ1) is 11.1. The van der Waals surface area contributed by atoms with Crippen LogP contribution in [-0.2, 0) is 4.79 Å². The molecule has 0 spiro atoms. The lowest BCUT2D eigenvalue weighted by Crippen LogP contribution is -2.07. The van der Waals surface area contributed by atoms with Crippen molar-refractivity contribution in [3.05, 3.63) is 36.0 Å². The normalized spacial score (nSPS) is 10.2. The van der Waals surface area contributed by atoms with E-state index in [-0.39, 0.29) is 11.5 Å². The molecule has 17 heavy (non-hydrogen) atoms. The third-order valence-corrected chi connectivity index (χ3v) is 2.31. The molecule has 1 aromatic carbocycles. The van der Waals surface area contributed by atoms with Gasteiger partial charge in [0.2, 0.25) is 5.91 Å². The summed E-state index contributed by atoms with van der Waals surface area (Å²) in [5.74, 6) is -0.760. The van der Waals surface area contributed by atoms with E-state index in [0.717, 1.165) is 5.39 Å². The molecule has 0 atom stereocenters. The summed E-state index contributed by atoms with van der Waals surface area (Å²) in [6.45, 7) is 1.39. The molecular formula is C12H10N2O3. The van der Waals surface area contributed by atoms with Gasteiger partial charge in [-0.2, -0.15) is 0 Å². The standard InChI is InChI=1S/C12H10N2O3/c1-7(15)14-11-10-3-2-9(12(16)17)6-8(10)4-5-13-11/h2-6H,1H3,(H,16,17)(H,13,14,15). The highest BCUT2D eigenvalue weighted by molar-refractivity contribution is 6.02. The van der Waals surface area contributed by atoms with Crippen molar-refractivity contribution in [3.63, 3.8) is 0 Å². The number of carbonyl (C=O) groups excluding carboxylic acids is 1. The summed E-state index contributed by atoms with van der Waals surface area (Å²) >= 11 is 0. The molecule has 86 valence electrons. The van der Waals surface area contributed by atoms with E-state index in [4.69, 9.17) is 5.11 Å². The fourth-order valence-electron chi connectivity index (χ4n) is 1.58. The van der Waals surface area contributed by atoms with E-state index in [9.17, 15) is 9.59 Å². The molecule has 0 aliphatic heterocycles. The monoisotopic (exact) mass is 230 g/mol. The quantitative estimate of drug-likeness (QED) is 0.825. The number of aromatic carboxylic acids is 1. The predicted octanol–water partition coefficient (Wildman–Crippen LogP) is 1.89. The van der Waals surface area contributed by atoms with Gasteiger partial charge in [-0.25, -0.2) is 9.78 Å². The minimum absolute atomic E-state index is 0.206. The summed E-state index contributed by atoms with van der Waals surface area (Å²) in [4.78, 5) is 25.9. The Kier molecular flexibility index (Phi) is 2.74. The van der Waals surface area contributed by atoms with E-state index in [0.29, 0.717) is 11.2 Å². The number of rotatable bonds is 2. The van der Waals surface area contributed by atoms with Crippen molar-refractivity contribution >= 4 is 28.5 Å². The zero-order valence-corrected chi connectivity index (χ0v) is 9.10. The van der Waals surface area contributed by atoms with Gasteiger partial charge in [-0.05, 0) is 29.7 Å². The predicted molar refractivity (Wildman–Crippen MR) is 63.0 cm³/mol. The van der Waals surface area contributed by atoms with Crippen LogP contribution in [0.15, 0.2) is 30.5 Å². The lowest BCUT2D eigenvalue weighted by Gasteiger charge is -2.06. The number of hydrogen-bond donors (Lipinski definition) is 2. The van der Waals surface area contributed by atoms with Gasteiger partial charge in [0.15, 0.2) is 0 Å². The van der Waals surface area contributed by atoms with Gasteiger partial charge in [0, 0.05) is 18.5 Å². The maximum Gasteiger partial charge on any atom is 0.335 e. The molecule has 2 N–H and O–H groups in total. The van der Waals surface area contributed by atoms with Gasteiger partial charge in [-0.15, -0.1) is 0 Å². The molecule has 0 aliphatic carbocycles. The van der Waals surface area contributed by atoms with Gasteiger partial charge in [0.05, 0.1) is 5.56 Å². The van der Waals surface area contributed by atoms with Crippen molar-refractivity contribution in [2.24, 2.45) is 0 Å². The molecule has 2 aromatic rings. The molecule has 0 saturated heterocycles. The summed E-state index contributed by atoms with van der Waals surface area (Å²) in [5.41, 5.74) is 0.206. The zero-order valence-electron chi connectivity index (χ0n) is 9.10. The van der Waals surface area contributed by atoms with Crippen molar-refractivity contribution in [2.45, 2.75) is 6.92 Å². The zero-order chi connectivity index (χ0) is 12.4. The number of nitrogens with one attached hydrogen (secondary N) is 1. The molecule has 1 aromatic heterocycles. The van der Waals surface area contributed by atoms with Crippen LogP contribution in [0, 0.1) is 0 Å². The number of nitrogens with zero attached hydrogens (tertiary/aromatic N) is 1. The number of carboxylic acid groups (broad SMARTS) is 1. The lowest BCUT2D eigenvalue weighted by atomic mass is 10.1. The molecule has 0 radical (unpaired) electrons. The minimum atomic E-state index is -0.982. The third kappa shape index (κ3) is 2.23. The van der Waals surface area contributed by atoms with Gasteiger partial charge in [0.1, 0.15) is 5.82 Å². The van der Waals surface area contributed by atoms with E-state index in [2.05, 4.69) is 10.3 Å². The average Bonchev–Trinajstić information content (AvgIpc) is 2.28. The first-order valence-electron chi connectivity index (χ1n) is 4.97. The smallest absolute Gasteiger partial charge is 0.335 e. The fraction of sp³-hybridized carbons (Fsp3) is 0.0833. The Balaban J connectivity index is 2.58. The average molecular weight is 230 g/mol. The van der Waals surface area contributed by atoms with Crippen molar-refractivity contribution in [1.29, 1.82) is 0 Å². The number of carbonyl (C=O) groups is 2. The maximum absolute atomic E-state index is 11.0. The van der Waals surface area contributed by atoms with Gasteiger partial charge in [0.25, 0.3) is 0 Å². The number of fused-ring (bicyclic) bond motifs is 1. The lowest BCUT2D eigenvalue weighted by molar-refractivity contribution is -0.114. The van der Waals surface area contributed by atoms with E-state index in [1.807, 2.05) is 0 Å². The largest absolute Gasteiger partial charge is 0.478 e. The summed E-state index contributed by atoms with van der Waals surface area (Å²) in [7, 11) is 0. The molecule has 5 nitrogen and oxygen atoms in total. The Labute approximate surface area is 97.1 Å². The molecule has 2 rings (SSSR count). The highest BCUT2D eigenvalue weighted by Crippen LogP contribution is 2.22. The number of anilines is 1. The Hall–Kier alpha value is -2.43. The Morgan fingerprint density at radius 1 is 1.29 bits per heavy atom. The number of pyridine rings is 1. The molecule has 0 saturated carbocycles. The van der Waals surface area contributed by atoms with Gasteiger partial charge in [-0.3, -0.25) is 4.79 Å².